The van der Waals surface area contributed by atoms with E-state index in [0.717, 1.165) is 54.3 Å². The van der Waals surface area contributed by atoms with Gasteiger partial charge < -0.3 is 5.32 Å². The highest BCUT2D eigenvalue weighted by Gasteiger charge is 2.30. The van der Waals surface area contributed by atoms with Crippen molar-refractivity contribution in [3.8, 4) is 0 Å². The van der Waals surface area contributed by atoms with Crippen LogP contribution >= 0.6 is 11.8 Å². The van der Waals surface area contributed by atoms with Crippen molar-refractivity contribution in [2.45, 2.75) is 56.6 Å². The van der Waals surface area contributed by atoms with Gasteiger partial charge in [0.2, 0.25) is 5.91 Å². The van der Waals surface area contributed by atoms with Gasteiger partial charge in [0.15, 0.2) is 5.16 Å². The van der Waals surface area contributed by atoms with Crippen LogP contribution in [0.3, 0.4) is 0 Å². The Morgan fingerprint density at radius 3 is 3.05 bits per heavy atom. The van der Waals surface area contributed by atoms with E-state index in [9.17, 15) is 9.59 Å². The first-order chi connectivity index (χ1) is 10.2. The fourth-order valence-electron chi connectivity index (χ4n) is 3.01. The number of hydrogen-bond acceptors (Lipinski definition) is 4. The monoisotopic (exact) mass is 307 g/mol. The first kappa shape index (κ1) is 14.6. The number of nitrogens with one attached hydrogen (secondary N) is 1. The third kappa shape index (κ3) is 2.86. The molecule has 0 radical (unpaired) electrons. The molecule has 1 atom stereocenters. The number of aromatic nitrogens is 2. The van der Waals surface area contributed by atoms with Gasteiger partial charge in [-0.1, -0.05) is 18.7 Å². The van der Waals surface area contributed by atoms with Gasteiger partial charge in [0.05, 0.1) is 11.7 Å². The van der Waals surface area contributed by atoms with E-state index in [2.05, 4.69) is 10.3 Å². The van der Waals surface area contributed by atoms with E-state index < -0.39 is 0 Å². The van der Waals surface area contributed by atoms with E-state index in [1.54, 1.807) is 16.3 Å². The minimum Gasteiger partial charge on any atom is -0.356 e. The highest BCUT2D eigenvalue weighted by Crippen LogP contribution is 2.33. The smallest absolute Gasteiger partial charge is 0.257 e. The number of thioether (sulfide) groups is 1. The van der Waals surface area contributed by atoms with Gasteiger partial charge in [0.1, 0.15) is 0 Å². The Kier molecular flexibility index (Phi) is 4.33. The molecule has 1 unspecified atom stereocenters. The molecule has 5 nitrogen and oxygen atoms in total. The summed E-state index contributed by atoms with van der Waals surface area (Å²) >= 11 is 1.60. The molecule has 0 spiro atoms. The molecular formula is C15H21N3O2S. The second-order valence-corrected chi connectivity index (χ2v) is 6.71. The van der Waals surface area contributed by atoms with Crippen LogP contribution in [-0.2, 0) is 17.6 Å². The number of amides is 1. The molecule has 1 N–H and O–H groups in total. The van der Waals surface area contributed by atoms with Crippen molar-refractivity contribution in [1.82, 2.24) is 14.9 Å². The summed E-state index contributed by atoms with van der Waals surface area (Å²) in [5.41, 5.74) is 1.96. The third-order valence-corrected chi connectivity index (χ3v) is 5.21. The first-order valence-electron chi connectivity index (χ1n) is 7.74. The standard InChI is InChI=1S/C15H21N3O2S/c1-2-7-16-13(19)8-10-9-21-15-17-12-6-4-3-5-11(12)14(20)18(10)15/h10H,2-9H2,1H3,(H,16,19). The normalized spacial score (nSPS) is 20.0. The molecule has 3 rings (SSSR count). The van der Waals surface area contributed by atoms with Crippen molar-refractivity contribution in [3.63, 3.8) is 0 Å². The molecule has 6 heteroatoms. The third-order valence-electron chi connectivity index (χ3n) is 4.12. The lowest BCUT2D eigenvalue weighted by molar-refractivity contribution is -0.121. The van der Waals surface area contributed by atoms with Gasteiger partial charge >= 0.3 is 0 Å². The second kappa shape index (κ2) is 6.22. The molecule has 1 amide bonds. The van der Waals surface area contributed by atoms with Crippen LogP contribution in [-0.4, -0.2) is 27.8 Å². The van der Waals surface area contributed by atoms with E-state index >= 15 is 0 Å². The summed E-state index contributed by atoms with van der Waals surface area (Å²) in [5.74, 6) is 0.796. The van der Waals surface area contributed by atoms with Crippen molar-refractivity contribution in [1.29, 1.82) is 0 Å². The molecule has 1 aliphatic carbocycles. The highest BCUT2D eigenvalue weighted by molar-refractivity contribution is 7.99. The van der Waals surface area contributed by atoms with E-state index in [-0.39, 0.29) is 17.5 Å². The van der Waals surface area contributed by atoms with Crippen molar-refractivity contribution >= 4 is 17.7 Å². The van der Waals surface area contributed by atoms with Crippen LogP contribution in [0.2, 0.25) is 0 Å². The SMILES string of the molecule is CCCNC(=O)CC1CSc2nc3c(c(=O)n21)CCCC3. The lowest BCUT2D eigenvalue weighted by atomic mass is 9.97. The Morgan fingerprint density at radius 1 is 1.43 bits per heavy atom. The quantitative estimate of drug-likeness (QED) is 0.860. The molecule has 114 valence electrons. The maximum absolute atomic E-state index is 12.7. The zero-order chi connectivity index (χ0) is 14.8. The Balaban J connectivity index is 1.84. The number of fused-ring (bicyclic) bond motifs is 2. The van der Waals surface area contributed by atoms with Gasteiger partial charge in [-0.05, 0) is 32.1 Å². The number of hydrogen-bond donors (Lipinski definition) is 1. The highest BCUT2D eigenvalue weighted by atomic mass is 32.2. The number of nitrogens with zero attached hydrogens (tertiary/aromatic N) is 2. The lowest BCUT2D eigenvalue weighted by Gasteiger charge is -2.18. The van der Waals surface area contributed by atoms with Crippen LogP contribution in [0.1, 0.15) is 49.9 Å². The molecule has 0 saturated carbocycles. The predicted octanol–water partition coefficient (Wildman–Crippen LogP) is 1.69. The fourth-order valence-corrected chi connectivity index (χ4v) is 4.17. The van der Waals surface area contributed by atoms with Gasteiger partial charge in [0.25, 0.3) is 5.56 Å². The molecule has 1 aliphatic heterocycles. The molecule has 21 heavy (non-hydrogen) atoms. The summed E-state index contributed by atoms with van der Waals surface area (Å²) in [6, 6.07) is -0.0471. The Morgan fingerprint density at radius 2 is 2.24 bits per heavy atom. The topological polar surface area (TPSA) is 64.0 Å². The minimum absolute atomic E-state index is 0.0277. The van der Waals surface area contributed by atoms with Crippen LogP contribution in [0.15, 0.2) is 9.95 Å². The molecule has 1 aromatic rings. The number of carbonyl (C=O) groups excluding carboxylic acids is 1. The van der Waals surface area contributed by atoms with Gasteiger partial charge in [-0.3, -0.25) is 14.2 Å². The summed E-state index contributed by atoms with van der Waals surface area (Å²) < 4.78 is 1.76. The maximum Gasteiger partial charge on any atom is 0.257 e. The average Bonchev–Trinajstić information content (AvgIpc) is 2.88. The number of carbonyl (C=O) groups is 1. The fraction of sp³-hybridized carbons (Fsp3) is 0.667. The Bertz CT molecular complexity index is 612. The molecule has 0 bridgehead atoms. The maximum atomic E-state index is 12.7. The van der Waals surface area contributed by atoms with Gasteiger partial charge in [-0.15, -0.1) is 0 Å². The van der Waals surface area contributed by atoms with Crippen LogP contribution in [0.25, 0.3) is 0 Å². The lowest BCUT2D eigenvalue weighted by Crippen LogP contribution is -2.33. The largest absolute Gasteiger partial charge is 0.356 e. The van der Waals surface area contributed by atoms with Crippen molar-refractivity contribution in [3.05, 3.63) is 21.6 Å². The summed E-state index contributed by atoms with van der Waals surface area (Å²) in [6.07, 6.45) is 5.24. The number of aryl methyl sites for hydroxylation is 1. The molecule has 0 fully saturated rings. The van der Waals surface area contributed by atoms with Crippen LogP contribution in [0.4, 0.5) is 0 Å². The molecular weight excluding hydrogens is 286 g/mol. The van der Waals surface area contributed by atoms with Crippen molar-refractivity contribution < 1.29 is 4.79 Å². The zero-order valence-electron chi connectivity index (χ0n) is 12.4. The van der Waals surface area contributed by atoms with Crippen molar-refractivity contribution in [2.75, 3.05) is 12.3 Å². The molecule has 0 aromatic carbocycles. The minimum atomic E-state index is -0.0471. The van der Waals surface area contributed by atoms with Crippen LogP contribution in [0.5, 0.6) is 0 Å². The number of rotatable bonds is 4. The second-order valence-electron chi connectivity index (χ2n) is 5.72. The molecule has 0 saturated heterocycles. The molecule has 2 aliphatic rings. The van der Waals surface area contributed by atoms with Crippen LogP contribution in [0, 0.1) is 0 Å². The van der Waals surface area contributed by atoms with E-state index in [1.807, 2.05) is 6.92 Å². The Hall–Kier alpha value is -1.30. The van der Waals surface area contributed by atoms with Gasteiger partial charge in [-0.2, -0.15) is 0 Å². The first-order valence-corrected chi connectivity index (χ1v) is 8.73. The predicted molar refractivity (Wildman–Crippen MR) is 82.8 cm³/mol. The van der Waals surface area contributed by atoms with E-state index in [4.69, 9.17) is 0 Å². The summed E-state index contributed by atoms with van der Waals surface area (Å²) in [7, 11) is 0. The van der Waals surface area contributed by atoms with Gasteiger partial charge in [-0.25, -0.2) is 4.98 Å². The average molecular weight is 307 g/mol. The van der Waals surface area contributed by atoms with Crippen molar-refractivity contribution in [2.24, 2.45) is 0 Å². The summed E-state index contributed by atoms with van der Waals surface area (Å²) in [4.78, 5) is 29.3. The molecule has 2 heterocycles. The van der Waals surface area contributed by atoms with E-state index in [0.29, 0.717) is 13.0 Å². The molecule has 1 aromatic heterocycles. The zero-order valence-corrected chi connectivity index (χ0v) is 13.2. The van der Waals surface area contributed by atoms with E-state index in [1.165, 1.54) is 0 Å². The Labute approximate surface area is 128 Å². The summed E-state index contributed by atoms with van der Waals surface area (Å²) in [6.45, 7) is 2.73. The van der Waals surface area contributed by atoms with Crippen LogP contribution < -0.4 is 10.9 Å². The summed E-state index contributed by atoms with van der Waals surface area (Å²) in [5, 5.41) is 3.69. The van der Waals surface area contributed by atoms with Gasteiger partial charge in [0, 0.05) is 24.3 Å².